The number of nitrogens with zero attached hydrogens (tertiary/aromatic N) is 2. The van der Waals surface area contributed by atoms with Gasteiger partial charge in [-0.1, -0.05) is 32.0 Å². The van der Waals surface area contributed by atoms with E-state index in [1.54, 1.807) is 17.7 Å². The first kappa shape index (κ1) is 20.1. The molecule has 1 aromatic carbocycles. The molecule has 0 aliphatic carbocycles. The number of para-hydroxylation sites is 1. The second kappa shape index (κ2) is 8.28. The fourth-order valence-corrected chi connectivity index (χ4v) is 5.78. The number of carbonyl (C=O) groups is 1. The molecule has 4 rings (SSSR count). The molecule has 3 heterocycles. The van der Waals surface area contributed by atoms with Crippen LogP contribution >= 0.6 is 11.3 Å². The maximum absolute atomic E-state index is 12.7. The van der Waals surface area contributed by atoms with E-state index in [1.807, 2.05) is 24.3 Å². The van der Waals surface area contributed by atoms with Crippen molar-refractivity contribution in [3.63, 3.8) is 0 Å². The van der Waals surface area contributed by atoms with E-state index < -0.39 is 0 Å². The van der Waals surface area contributed by atoms with Gasteiger partial charge in [-0.2, -0.15) is 0 Å². The number of aryl methyl sites for hydroxylation is 1. The van der Waals surface area contributed by atoms with Gasteiger partial charge in [0.2, 0.25) is 0 Å². The van der Waals surface area contributed by atoms with Gasteiger partial charge in [0.05, 0.1) is 15.8 Å². The first-order valence-corrected chi connectivity index (χ1v) is 11.3. The standard InChI is InChI=1S/C23H29N3O2S/c1-15-11-16(2)14-26(13-15)10-6-9-24-22(27)20-12-18-21(29-20)17-7-4-5-8-19(17)25(3)23(18)28/h4-5,7-8,12,15-16H,6,9-11,13-14H2,1-3H3,(H,24,27). The van der Waals surface area contributed by atoms with Crippen molar-refractivity contribution in [3.05, 3.63) is 45.6 Å². The zero-order valence-corrected chi connectivity index (χ0v) is 18.2. The number of amides is 1. The van der Waals surface area contributed by atoms with Crippen LogP contribution in [0.25, 0.3) is 21.0 Å². The molecule has 1 aliphatic rings. The van der Waals surface area contributed by atoms with Gasteiger partial charge in [0.1, 0.15) is 0 Å². The lowest BCUT2D eigenvalue weighted by molar-refractivity contribution is 0.0951. The highest BCUT2D eigenvalue weighted by molar-refractivity contribution is 7.21. The summed E-state index contributed by atoms with van der Waals surface area (Å²) in [7, 11) is 1.78. The molecule has 0 spiro atoms. The monoisotopic (exact) mass is 411 g/mol. The molecule has 0 bridgehead atoms. The van der Waals surface area contributed by atoms with E-state index in [1.165, 1.54) is 17.8 Å². The summed E-state index contributed by atoms with van der Waals surface area (Å²) in [4.78, 5) is 28.5. The summed E-state index contributed by atoms with van der Waals surface area (Å²) in [5.41, 5.74) is 0.839. The minimum absolute atomic E-state index is 0.0534. The lowest BCUT2D eigenvalue weighted by Gasteiger charge is -2.34. The molecular formula is C23H29N3O2S. The van der Waals surface area contributed by atoms with Gasteiger partial charge in [0.15, 0.2) is 0 Å². The number of nitrogens with one attached hydrogen (secondary N) is 1. The third-order valence-electron chi connectivity index (χ3n) is 5.88. The van der Waals surface area contributed by atoms with Crippen molar-refractivity contribution in [1.82, 2.24) is 14.8 Å². The maximum atomic E-state index is 12.7. The summed E-state index contributed by atoms with van der Waals surface area (Å²) < 4.78 is 2.55. The number of likely N-dealkylation sites (tertiary alicyclic amines) is 1. The summed E-state index contributed by atoms with van der Waals surface area (Å²) in [6.07, 6.45) is 2.26. The van der Waals surface area contributed by atoms with Crippen molar-refractivity contribution in [3.8, 4) is 0 Å². The molecule has 2 aromatic heterocycles. The number of thiophene rings is 1. The van der Waals surface area contributed by atoms with Crippen LogP contribution in [0.5, 0.6) is 0 Å². The number of hydrogen-bond acceptors (Lipinski definition) is 4. The van der Waals surface area contributed by atoms with Crippen LogP contribution in [0.2, 0.25) is 0 Å². The van der Waals surface area contributed by atoms with Crippen molar-refractivity contribution >= 4 is 38.2 Å². The zero-order chi connectivity index (χ0) is 20.5. The second-order valence-corrected chi connectivity index (χ2v) is 9.60. The Morgan fingerprint density at radius 2 is 1.90 bits per heavy atom. The summed E-state index contributed by atoms with van der Waals surface area (Å²) in [5, 5.41) is 4.68. The summed E-state index contributed by atoms with van der Waals surface area (Å²) in [5.74, 6) is 1.42. The highest BCUT2D eigenvalue weighted by Crippen LogP contribution is 2.30. The fourth-order valence-electron chi connectivity index (χ4n) is 4.68. The SMILES string of the molecule is CC1CC(C)CN(CCCNC(=O)c2cc3c(=O)n(C)c4ccccc4c3s2)C1. The Labute approximate surface area is 175 Å². The first-order chi connectivity index (χ1) is 13.9. The molecule has 2 atom stereocenters. The van der Waals surface area contributed by atoms with Gasteiger partial charge in [-0.25, -0.2) is 0 Å². The fraction of sp³-hybridized carbons (Fsp3) is 0.478. The van der Waals surface area contributed by atoms with Crippen LogP contribution in [0.4, 0.5) is 0 Å². The third-order valence-corrected chi connectivity index (χ3v) is 7.05. The average Bonchev–Trinajstić information content (AvgIpc) is 3.14. The Balaban J connectivity index is 1.43. The average molecular weight is 412 g/mol. The number of aromatic nitrogens is 1. The van der Waals surface area contributed by atoms with Crippen LogP contribution < -0.4 is 10.9 Å². The van der Waals surface area contributed by atoms with E-state index in [-0.39, 0.29) is 11.5 Å². The Hall–Kier alpha value is -2.18. The van der Waals surface area contributed by atoms with Crippen molar-refractivity contribution in [2.45, 2.75) is 26.7 Å². The van der Waals surface area contributed by atoms with Gasteiger partial charge in [0, 0.05) is 36.8 Å². The number of pyridine rings is 1. The normalized spacial score (nSPS) is 20.4. The number of hydrogen-bond donors (Lipinski definition) is 1. The molecule has 1 amide bonds. The van der Waals surface area contributed by atoms with Gasteiger partial charge in [0.25, 0.3) is 11.5 Å². The van der Waals surface area contributed by atoms with E-state index in [0.29, 0.717) is 16.8 Å². The van der Waals surface area contributed by atoms with Crippen LogP contribution in [0.15, 0.2) is 35.1 Å². The molecule has 6 heteroatoms. The summed E-state index contributed by atoms with van der Waals surface area (Å²) >= 11 is 1.41. The van der Waals surface area contributed by atoms with E-state index >= 15 is 0 Å². The number of benzene rings is 1. The Kier molecular flexibility index (Phi) is 5.74. The van der Waals surface area contributed by atoms with E-state index in [2.05, 4.69) is 24.1 Å². The van der Waals surface area contributed by atoms with Crippen molar-refractivity contribution in [1.29, 1.82) is 0 Å². The van der Waals surface area contributed by atoms with E-state index in [4.69, 9.17) is 0 Å². The van der Waals surface area contributed by atoms with Crippen LogP contribution in [0.1, 0.15) is 36.4 Å². The van der Waals surface area contributed by atoms with E-state index in [9.17, 15) is 9.59 Å². The highest BCUT2D eigenvalue weighted by atomic mass is 32.1. The van der Waals surface area contributed by atoms with Crippen LogP contribution in [0.3, 0.4) is 0 Å². The Bertz CT molecular complexity index is 1090. The molecule has 0 radical (unpaired) electrons. The number of fused-ring (bicyclic) bond motifs is 3. The van der Waals surface area contributed by atoms with Crippen LogP contribution in [0, 0.1) is 11.8 Å². The number of piperidine rings is 1. The summed E-state index contributed by atoms with van der Waals surface area (Å²) in [6.45, 7) is 8.63. The zero-order valence-electron chi connectivity index (χ0n) is 17.4. The quantitative estimate of drug-likeness (QED) is 0.649. The molecule has 154 valence electrons. The summed E-state index contributed by atoms with van der Waals surface area (Å²) in [6, 6.07) is 9.60. The van der Waals surface area contributed by atoms with Gasteiger partial charge in [-0.05, 0) is 43.4 Å². The minimum atomic E-state index is -0.0854. The number of carbonyl (C=O) groups excluding carboxylic acids is 1. The molecule has 0 saturated carbocycles. The molecular weight excluding hydrogens is 382 g/mol. The molecule has 1 N–H and O–H groups in total. The van der Waals surface area contributed by atoms with Crippen molar-refractivity contribution < 1.29 is 4.79 Å². The van der Waals surface area contributed by atoms with Crippen LogP contribution in [-0.2, 0) is 7.05 Å². The Morgan fingerprint density at radius 1 is 1.17 bits per heavy atom. The van der Waals surface area contributed by atoms with E-state index in [0.717, 1.165) is 53.5 Å². The second-order valence-electron chi connectivity index (χ2n) is 8.55. The molecule has 2 unspecified atom stereocenters. The van der Waals surface area contributed by atoms with Gasteiger partial charge >= 0.3 is 0 Å². The Morgan fingerprint density at radius 3 is 2.66 bits per heavy atom. The number of rotatable bonds is 5. The van der Waals surface area contributed by atoms with Crippen molar-refractivity contribution in [2.24, 2.45) is 18.9 Å². The predicted octanol–water partition coefficient (Wildman–Crippen LogP) is 3.85. The van der Waals surface area contributed by atoms with Gasteiger partial charge in [-0.3, -0.25) is 9.59 Å². The lowest BCUT2D eigenvalue weighted by Crippen LogP contribution is -2.40. The van der Waals surface area contributed by atoms with Crippen LogP contribution in [-0.4, -0.2) is 41.6 Å². The topological polar surface area (TPSA) is 54.3 Å². The molecule has 29 heavy (non-hydrogen) atoms. The first-order valence-electron chi connectivity index (χ1n) is 10.5. The molecule has 1 fully saturated rings. The molecule has 3 aromatic rings. The maximum Gasteiger partial charge on any atom is 0.261 e. The predicted molar refractivity (Wildman–Crippen MR) is 121 cm³/mol. The largest absolute Gasteiger partial charge is 0.351 e. The molecule has 1 aliphatic heterocycles. The van der Waals surface area contributed by atoms with Gasteiger partial charge in [-0.15, -0.1) is 11.3 Å². The third kappa shape index (κ3) is 4.09. The lowest BCUT2D eigenvalue weighted by atomic mass is 9.92. The van der Waals surface area contributed by atoms with Gasteiger partial charge < -0.3 is 14.8 Å². The minimum Gasteiger partial charge on any atom is -0.351 e. The highest BCUT2D eigenvalue weighted by Gasteiger charge is 2.21. The molecule has 1 saturated heterocycles. The smallest absolute Gasteiger partial charge is 0.261 e. The molecule has 5 nitrogen and oxygen atoms in total. The van der Waals surface area contributed by atoms with Crippen molar-refractivity contribution in [2.75, 3.05) is 26.2 Å².